The average molecular weight is 352 g/mol. The van der Waals surface area contributed by atoms with Crippen molar-refractivity contribution in [3.05, 3.63) is 36.2 Å². The van der Waals surface area contributed by atoms with Gasteiger partial charge in [0.2, 0.25) is 5.88 Å². The molecular formula is C20H24N4O2. The number of aryl methyl sites for hydroxylation is 1. The Balaban J connectivity index is 1.56. The zero-order valence-electron chi connectivity index (χ0n) is 15.4. The maximum Gasteiger partial charge on any atom is 0.322 e. The molecule has 4 rings (SSSR count). The van der Waals surface area contributed by atoms with Crippen molar-refractivity contribution >= 4 is 11.7 Å². The van der Waals surface area contributed by atoms with E-state index in [-0.39, 0.29) is 6.03 Å². The molecule has 0 spiro atoms. The van der Waals surface area contributed by atoms with Crippen LogP contribution < -0.4 is 10.1 Å². The van der Waals surface area contributed by atoms with Gasteiger partial charge >= 0.3 is 6.03 Å². The van der Waals surface area contributed by atoms with E-state index < -0.39 is 0 Å². The molecule has 2 aliphatic rings. The maximum absolute atomic E-state index is 12.7. The summed E-state index contributed by atoms with van der Waals surface area (Å²) in [5.41, 5.74) is 3.40. The molecule has 1 N–H and O–H groups in total. The maximum atomic E-state index is 12.7. The van der Waals surface area contributed by atoms with E-state index in [1.54, 1.807) is 19.5 Å². The lowest BCUT2D eigenvalue weighted by Crippen LogP contribution is -2.63. The first kappa shape index (κ1) is 16.8. The van der Waals surface area contributed by atoms with Crippen LogP contribution in [0.3, 0.4) is 0 Å². The zero-order valence-corrected chi connectivity index (χ0v) is 15.4. The molecule has 3 heterocycles. The predicted octanol–water partition coefficient (Wildman–Crippen LogP) is 3.87. The van der Waals surface area contributed by atoms with Crippen LogP contribution in [-0.2, 0) is 0 Å². The fraction of sp³-hybridized carbons (Fsp3) is 0.450. The van der Waals surface area contributed by atoms with Gasteiger partial charge in [-0.1, -0.05) is 13.0 Å². The second kappa shape index (κ2) is 6.59. The summed E-state index contributed by atoms with van der Waals surface area (Å²) in [7, 11) is 1.58. The number of carbonyl (C=O) groups is 1. The number of nitrogens with one attached hydrogen (secondary N) is 1. The van der Waals surface area contributed by atoms with E-state index in [0.29, 0.717) is 23.7 Å². The second-order valence-electron chi connectivity index (χ2n) is 7.40. The first-order valence-electron chi connectivity index (χ1n) is 9.12. The minimum Gasteiger partial charge on any atom is -0.479 e. The van der Waals surface area contributed by atoms with E-state index in [4.69, 9.17) is 4.74 Å². The molecule has 1 aromatic carbocycles. The Labute approximate surface area is 153 Å². The highest BCUT2D eigenvalue weighted by Gasteiger charge is 2.46. The summed E-state index contributed by atoms with van der Waals surface area (Å²) in [6, 6.07) is 6.65. The molecule has 2 amide bonds. The van der Waals surface area contributed by atoms with Crippen molar-refractivity contribution in [2.45, 2.75) is 45.2 Å². The molecule has 2 aromatic rings. The standard InChI is InChI=1S/C20H24N4O2/c1-12-8-15-11-16(9-12)24(15)20(25)23-14-5-4-13(2)17(10-14)18-19(26-3)22-7-6-21-18/h4-7,10,12,15-16H,8-9,11H2,1-3H3,(H,23,25). The second-order valence-corrected chi connectivity index (χ2v) is 7.40. The lowest BCUT2D eigenvalue weighted by atomic mass is 9.74. The molecular weight excluding hydrogens is 328 g/mol. The number of amides is 2. The molecule has 0 radical (unpaired) electrons. The molecule has 136 valence electrons. The molecule has 6 nitrogen and oxygen atoms in total. The Hall–Kier alpha value is -2.63. The first-order valence-corrected chi connectivity index (χ1v) is 9.12. The van der Waals surface area contributed by atoms with E-state index in [1.807, 2.05) is 30.0 Å². The Kier molecular flexibility index (Phi) is 4.26. The number of nitrogens with zero attached hydrogens (tertiary/aromatic N) is 3. The van der Waals surface area contributed by atoms with Crippen LogP contribution in [0.1, 0.15) is 31.7 Å². The molecule has 2 atom stereocenters. The number of carbonyl (C=O) groups excluding carboxylic acids is 1. The van der Waals surface area contributed by atoms with E-state index in [9.17, 15) is 4.79 Å². The molecule has 2 aliphatic heterocycles. The molecule has 0 saturated carbocycles. The fourth-order valence-electron chi connectivity index (χ4n) is 4.28. The number of hydrogen-bond acceptors (Lipinski definition) is 4. The first-order chi connectivity index (χ1) is 12.6. The monoisotopic (exact) mass is 352 g/mol. The lowest BCUT2D eigenvalue weighted by Gasteiger charge is -2.54. The summed E-state index contributed by atoms with van der Waals surface area (Å²) in [5.74, 6) is 1.20. The number of anilines is 1. The normalized spacial score (nSPS) is 24.0. The van der Waals surface area contributed by atoms with E-state index in [2.05, 4.69) is 22.2 Å². The molecule has 26 heavy (non-hydrogen) atoms. The highest BCUT2D eigenvalue weighted by atomic mass is 16.5. The molecule has 2 saturated heterocycles. The van der Waals surface area contributed by atoms with Gasteiger partial charge in [-0.15, -0.1) is 0 Å². The fourth-order valence-corrected chi connectivity index (χ4v) is 4.28. The van der Waals surface area contributed by atoms with Crippen molar-refractivity contribution in [1.82, 2.24) is 14.9 Å². The van der Waals surface area contributed by atoms with E-state index >= 15 is 0 Å². The number of rotatable bonds is 3. The topological polar surface area (TPSA) is 67.4 Å². The Morgan fingerprint density at radius 3 is 2.65 bits per heavy atom. The van der Waals surface area contributed by atoms with Crippen LogP contribution in [-0.4, -0.2) is 40.1 Å². The molecule has 0 aliphatic carbocycles. The third-order valence-electron chi connectivity index (χ3n) is 5.52. The summed E-state index contributed by atoms with van der Waals surface area (Å²) < 4.78 is 5.33. The highest BCUT2D eigenvalue weighted by molar-refractivity contribution is 5.91. The van der Waals surface area contributed by atoms with Crippen molar-refractivity contribution in [2.24, 2.45) is 5.92 Å². The minimum atomic E-state index is -0.000867. The van der Waals surface area contributed by atoms with Gasteiger partial charge in [0.25, 0.3) is 0 Å². The molecule has 1 aromatic heterocycles. The van der Waals surface area contributed by atoms with Crippen molar-refractivity contribution in [3.63, 3.8) is 0 Å². The molecule has 2 bridgehead atoms. The number of methoxy groups -OCH3 is 1. The quantitative estimate of drug-likeness (QED) is 0.911. The van der Waals surface area contributed by atoms with Gasteiger partial charge in [-0.05, 0) is 49.8 Å². The largest absolute Gasteiger partial charge is 0.479 e. The minimum absolute atomic E-state index is 0.000867. The summed E-state index contributed by atoms with van der Waals surface area (Å²) in [4.78, 5) is 23.4. The third kappa shape index (κ3) is 2.89. The van der Waals surface area contributed by atoms with Gasteiger partial charge in [-0.3, -0.25) is 0 Å². The molecule has 6 heteroatoms. The Morgan fingerprint density at radius 2 is 1.92 bits per heavy atom. The highest BCUT2D eigenvalue weighted by Crippen LogP contribution is 2.41. The number of urea groups is 1. The number of benzene rings is 1. The van der Waals surface area contributed by atoms with E-state index in [0.717, 1.165) is 42.0 Å². The Morgan fingerprint density at radius 1 is 1.19 bits per heavy atom. The molecule has 2 fully saturated rings. The number of fused-ring (bicyclic) bond motifs is 2. The SMILES string of the molecule is COc1nccnc1-c1cc(NC(=O)N2C3CC(C)CC2C3)ccc1C. The summed E-state index contributed by atoms with van der Waals surface area (Å²) in [6.45, 7) is 4.28. The van der Waals surface area contributed by atoms with Gasteiger partial charge in [0.05, 0.1) is 7.11 Å². The van der Waals surface area contributed by atoms with Crippen LogP contribution in [0, 0.1) is 12.8 Å². The van der Waals surface area contributed by atoms with Gasteiger partial charge in [0, 0.05) is 35.7 Å². The van der Waals surface area contributed by atoms with Crippen LogP contribution in [0.25, 0.3) is 11.3 Å². The summed E-state index contributed by atoms with van der Waals surface area (Å²) >= 11 is 0. The van der Waals surface area contributed by atoms with Gasteiger partial charge in [0.1, 0.15) is 5.69 Å². The van der Waals surface area contributed by atoms with Gasteiger partial charge in [-0.2, -0.15) is 0 Å². The predicted molar refractivity (Wildman–Crippen MR) is 100 cm³/mol. The van der Waals surface area contributed by atoms with Crippen LogP contribution in [0.5, 0.6) is 5.88 Å². The average Bonchev–Trinajstić information content (AvgIpc) is 2.63. The molecule has 2 unspecified atom stereocenters. The van der Waals surface area contributed by atoms with Gasteiger partial charge in [-0.25, -0.2) is 14.8 Å². The van der Waals surface area contributed by atoms with Crippen molar-refractivity contribution in [1.29, 1.82) is 0 Å². The number of ether oxygens (including phenoxy) is 1. The summed E-state index contributed by atoms with van der Waals surface area (Å²) in [5, 5.41) is 3.06. The van der Waals surface area contributed by atoms with Crippen molar-refractivity contribution in [3.8, 4) is 17.1 Å². The number of aromatic nitrogens is 2. The number of hydrogen-bond donors (Lipinski definition) is 1. The van der Waals surface area contributed by atoms with Gasteiger partial charge in [0.15, 0.2) is 0 Å². The lowest BCUT2D eigenvalue weighted by molar-refractivity contribution is -0.00600. The zero-order chi connectivity index (χ0) is 18.3. The summed E-state index contributed by atoms with van der Waals surface area (Å²) in [6.07, 6.45) is 6.62. The third-order valence-corrected chi connectivity index (χ3v) is 5.52. The van der Waals surface area contributed by atoms with Gasteiger partial charge < -0.3 is 15.0 Å². The van der Waals surface area contributed by atoms with Crippen LogP contribution in [0.2, 0.25) is 0 Å². The van der Waals surface area contributed by atoms with Crippen LogP contribution >= 0.6 is 0 Å². The Bertz CT molecular complexity index is 826. The van der Waals surface area contributed by atoms with Crippen LogP contribution in [0.15, 0.2) is 30.6 Å². The van der Waals surface area contributed by atoms with Crippen molar-refractivity contribution < 1.29 is 9.53 Å². The van der Waals surface area contributed by atoms with Crippen molar-refractivity contribution in [2.75, 3.05) is 12.4 Å². The van der Waals surface area contributed by atoms with Crippen LogP contribution in [0.4, 0.5) is 10.5 Å². The van der Waals surface area contributed by atoms with E-state index in [1.165, 1.54) is 0 Å². The number of piperidine rings is 1. The smallest absolute Gasteiger partial charge is 0.322 e.